The van der Waals surface area contributed by atoms with Gasteiger partial charge in [-0.25, -0.2) is 18.0 Å². The summed E-state index contributed by atoms with van der Waals surface area (Å²) in [4.78, 5) is 48.0. The fraction of sp³-hybridized carbons (Fsp3) is 0.444. The number of carboxylic acid groups (broad SMARTS) is 1. The lowest BCUT2D eigenvalue weighted by molar-refractivity contribution is -0.158. The first-order valence-corrected chi connectivity index (χ1v) is 10.6. The number of fused-ring (bicyclic) bond motifs is 1. The summed E-state index contributed by atoms with van der Waals surface area (Å²) in [6.45, 7) is -0.194. The molecule has 0 aromatic heterocycles. The molecule has 0 bridgehead atoms. The van der Waals surface area contributed by atoms with Gasteiger partial charge in [0.1, 0.15) is 16.7 Å². The Labute approximate surface area is 176 Å². The predicted molar refractivity (Wildman–Crippen MR) is 102 cm³/mol. The van der Waals surface area contributed by atoms with Crippen LogP contribution in [0, 0.1) is 0 Å². The van der Waals surface area contributed by atoms with Crippen LogP contribution in [0.2, 0.25) is 0 Å². The maximum atomic E-state index is 12.7. The molecule has 13 heteroatoms. The molecule has 3 atom stereocenters. The number of ketones is 1. The van der Waals surface area contributed by atoms with E-state index in [1.165, 1.54) is 18.2 Å². The van der Waals surface area contributed by atoms with Gasteiger partial charge in [0.25, 0.3) is 0 Å². The first-order valence-electron chi connectivity index (χ1n) is 9.09. The third-order valence-corrected chi connectivity index (χ3v) is 8.16. The van der Waals surface area contributed by atoms with Gasteiger partial charge in [0.05, 0.1) is 13.0 Å². The van der Waals surface area contributed by atoms with Crippen molar-refractivity contribution in [1.29, 1.82) is 0 Å². The molecule has 0 radical (unpaired) electrons. The van der Waals surface area contributed by atoms with Crippen LogP contribution < -0.4 is 5.32 Å². The zero-order valence-electron chi connectivity index (χ0n) is 16.3. The number of Topliss-reactive ketones (excluding diaryl/α,β-unsaturated/α-hetero) is 1. The second-order valence-electron chi connectivity index (χ2n) is 7.53. The number of sulfone groups is 1. The summed E-state index contributed by atoms with van der Waals surface area (Å²) in [5.41, 5.74) is 0.388. The summed E-state index contributed by atoms with van der Waals surface area (Å²) in [5, 5.41) is 29.0. The summed E-state index contributed by atoms with van der Waals surface area (Å²) in [7, 11) is -4.12. The van der Waals surface area contributed by atoms with E-state index in [1.54, 1.807) is 0 Å². The fourth-order valence-electron chi connectivity index (χ4n) is 3.67. The molecular weight excluding hydrogens is 436 g/mol. The number of carbonyl (C=O) groups is 4. The normalized spacial score (nSPS) is 26.0. The minimum absolute atomic E-state index is 0.167. The number of benzene rings is 1. The third kappa shape index (κ3) is 3.76. The quantitative estimate of drug-likeness (QED) is 0.297. The van der Waals surface area contributed by atoms with Gasteiger partial charge in [0.2, 0.25) is 5.91 Å². The van der Waals surface area contributed by atoms with Crippen LogP contribution in [0.15, 0.2) is 18.2 Å². The number of carboxylic acids is 1. The Kier molecular flexibility index (Phi) is 5.56. The number of hydrogen-bond acceptors (Lipinski definition) is 9. The van der Waals surface area contributed by atoms with Gasteiger partial charge in [-0.15, -0.1) is 0 Å². The largest absolute Gasteiger partial charge is 0.504 e. The van der Waals surface area contributed by atoms with Gasteiger partial charge >= 0.3 is 12.1 Å². The topological polar surface area (TPSA) is 188 Å². The van der Waals surface area contributed by atoms with E-state index in [2.05, 4.69) is 5.32 Å². The van der Waals surface area contributed by atoms with Gasteiger partial charge in [-0.2, -0.15) is 0 Å². The van der Waals surface area contributed by atoms with E-state index in [-0.39, 0.29) is 18.6 Å². The zero-order chi connectivity index (χ0) is 23.1. The number of nitrogens with one attached hydrogen (secondary N) is 1. The van der Waals surface area contributed by atoms with Crippen molar-refractivity contribution in [3.05, 3.63) is 23.8 Å². The number of aromatic hydroxyl groups is 2. The van der Waals surface area contributed by atoms with Crippen molar-refractivity contribution >= 4 is 33.6 Å². The number of hydrogen-bond donors (Lipinski definition) is 4. The smallest absolute Gasteiger partial charge is 0.407 e. The molecule has 0 unspecified atom stereocenters. The van der Waals surface area contributed by atoms with Crippen LogP contribution in [0.3, 0.4) is 0 Å². The van der Waals surface area contributed by atoms with Crippen LogP contribution in [-0.2, 0) is 35.4 Å². The van der Waals surface area contributed by atoms with E-state index < -0.39 is 68.7 Å². The highest BCUT2D eigenvalue weighted by Crippen LogP contribution is 2.46. The lowest BCUT2D eigenvalue weighted by atomic mass is 9.97. The molecule has 0 aliphatic carbocycles. The maximum Gasteiger partial charge on any atom is 0.407 e. The SMILES string of the molecule is C[C@]1(COC(=O)NCC(=O)Cc2ccc(O)c(O)c2)[C@H](C(=O)O)N2C(=O)C[C@H]2S1(=O)=O. The number of amides is 2. The van der Waals surface area contributed by atoms with Gasteiger partial charge in [-0.1, -0.05) is 6.07 Å². The van der Waals surface area contributed by atoms with Gasteiger partial charge in [0, 0.05) is 6.42 Å². The average molecular weight is 456 g/mol. The minimum Gasteiger partial charge on any atom is -0.504 e. The number of aliphatic carboxylic acids is 1. The lowest BCUT2D eigenvalue weighted by Crippen LogP contribution is -2.58. The number of phenols is 2. The molecule has 2 fully saturated rings. The van der Waals surface area contributed by atoms with Crippen molar-refractivity contribution in [2.24, 2.45) is 0 Å². The molecule has 4 N–H and O–H groups in total. The van der Waals surface area contributed by atoms with Crippen molar-refractivity contribution in [2.45, 2.75) is 35.9 Å². The molecule has 2 aliphatic heterocycles. The number of β-lactam (4-membered cyclic amide) rings is 1. The van der Waals surface area contributed by atoms with Crippen LogP contribution in [0.4, 0.5) is 4.79 Å². The Bertz CT molecular complexity index is 1070. The number of nitrogens with zero attached hydrogens (tertiary/aromatic N) is 1. The van der Waals surface area contributed by atoms with Gasteiger partial charge in [-0.05, 0) is 24.6 Å². The molecule has 12 nitrogen and oxygen atoms in total. The Balaban J connectivity index is 1.58. The van der Waals surface area contributed by atoms with Gasteiger partial charge in [-0.3, -0.25) is 9.59 Å². The second-order valence-corrected chi connectivity index (χ2v) is 10.1. The molecule has 2 heterocycles. The Morgan fingerprint density at radius 2 is 1.94 bits per heavy atom. The molecule has 168 valence electrons. The van der Waals surface area contributed by atoms with Gasteiger partial charge < -0.3 is 30.3 Å². The molecule has 1 aromatic rings. The first kappa shape index (κ1) is 22.3. The Morgan fingerprint density at radius 1 is 1.26 bits per heavy atom. The van der Waals surface area contributed by atoms with Crippen LogP contribution in [-0.4, -0.2) is 81.7 Å². The van der Waals surface area contributed by atoms with E-state index in [0.717, 1.165) is 11.8 Å². The van der Waals surface area contributed by atoms with E-state index >= 15 is 0 Å². The predicted octanol–water partition coefficient (Wildman–Crippen LogP) is -0.866. The standard InChI is InChI=1S/C18H20N2O10S/c1-18(15(16(25)26)20-13(24)6-14(20)31(18,28)29)8-30-17(27)19-7-10(21)4-9-2-3-11(22)12(23)5-9/h2-3,5,14-15,22-23H,4,6-8H2,1H3,(H,19,27)(H,25,26)/t14-,15+,18+/m1/s1. The van der Waals surface area contributed by atoms with Crippen molar-refractivity contribution in [3.8, 4) is 11.5 Å². The molecule has 2 amide bonds. The molecule has 0 spiro atoms. The van der Waals surface area contributed by atoms with Crippen LogP contribution in [0.25, 0.3) is 0 Å². The number of alkyl carbamates (subject to hydrolysis) is 1. The number of carbonyl (C=O) groups excluding carboxylic acids is 3. The molecule has 2 aliphatic rings. The zero-order valence-corrected chi connectivity index (χ0v) is 17.1. The van der Waals surface area contributed by atoms with E-state index in [4.69, 9.17) is 4.74 Å². The van der Waals surface area contributed by atoms with Crippen LogP contribution in [0.1, 0.15) is 18.9 Å². The highest BCUT2D eigenvalue weighted by molar-refractivity contribution is 7.94. The maximum absolute atomic E-state index is 12.7. The van der Waals surface area contributed by atoms with Crippen molar-refractivity contribution in [3.63, 3.8) is 0 Å². The first-order chi connectivity index (χ1) is 14.4. The van der Waals surface area contributed by atoms with Crippen molar-refractivity contribution in [2.75, 3.05) is 13.2 Å². The summed E-state index contributed by atoms with van der Waals surface area (Å²) in [6, 6.07) is 2.11. The summed E-state index contributed by atoms with van der Waals surface area (Å²) in [6.07, 6.45) is -1.63. The number of ether oxygens (including phenoxy) is 1. The van der Waals surface area contributed by atoms with Crippen LogP contribution in [0.5, 0.6) is 11.5 Å². The van der Waals surface area contributed by atoms with E-state index in [1.807, 2.05) is 0 Å². The second kappa shape index (κ2) is 7.72. The third-order valence-electron chi connectivity index (χ3n) is 5.41. The van der Waals surface area contributed by atoms with E-state index in [9.17, 15) is 42.9 Å². The summed E-state index contributed by atoms with van der Waals surface area (Å²) < 4.78 is 28.3. The molecule has 1 aromatic carbocycles. The number of phenolic OH excluding ortho intramolecular Hbond substituents is 2. The van der Waals surface area contributed by atoms with Gasteiger partial charge in [0.15, 0.2) is 33.2 Å². The summed E-state index contributed by atoms with van der Waals surface area (Å²) >= 11 is 0. The minimum atomic E-state index is -4.12. The Morgan fingerprint density at radius 3 is 2.52 bits per heavy atom. The van der Waals surface area contributed by atoms with Crippen LogP contribution >= 0.6 is 0 Å². The highest BCUT2D eigenvalue weighted by atomic mass is 32.2. The Hall–Kier alpha value is -3.35. The molecular formula is C18H20N2O10S. The molecule has 3 rings (SSSR count). The molecule has 31 heavy (non-hydrogen) atoms. The monoisotopic (exact) mass is 456 g/mol. The van der Waals surface area contributed by atoms with Crippen molar-refractivity contribution < 1.29 is 47.7 Å². The average Bonchev–Trinajstić information content (AvgIpc) is 2.82. The molecule has 2 saturated heterocycles. The highest BCUT2D eigenvalue weighted by Gasteiger charge is 2.70. The molecule has 0 saturated carbocycles. The van der Waals surface area contributed by atoms with Crippen molar-refractivity contribution in [1.82, 2.24) is 10.2 Å². The van der Waals surface area contributed by atoms with E-state index in [0.29, 0.717) is 5.56 Å². The summed E-state index contributed by atoms with van der Waals surface area (Å²) in [5.74, 6) is -3.36. The fourth-order valence-corrected chi connectivity index (χ4v) is 5.94. The lowest BCUT2D eigenvalue weighted by Gasteiger charge is -2.35. The number of rotatable bonds is 7.